The number of aliphatic hydroxyl groups excluding tert-OH is 1. The Balaban J connectivity index is 1.98. The smallest absolute Gasteiger partial charge is 0.175 e. The van der Waals surface area contributed by atoms with E-state index in [1.165, 1.54) is 12.1 Å². The number of benzene rings is 3. The zero-order valence-corrected chi connectivity index (χ0v) is 22.7. The summed E-state index contributed by atoms with van der Waals surface area (Å²) in [5.74, 6) is 0.957. The third kappa shape index (κ3) is 7.11. The Labute approximate surface area is 222 Å². The first-order chi connectivity index (χ1) is 17.5. The lowest BCUT2D eigenvalue weighted by Gasteiger charge is -2.26. The van der Waals surface area contributed by atoms with Crippen LogP contribution >= 0.6 is 11.6 Å². The van der Waals surface area contributed by atoms with Gasteiger partial charge in [0.15, 0.2) is 9.84 Å². The van der Waals surface area contributed by atoms with E-state index in [4.69, 9.17) is 22.0 Å². The van der Waals surface area contributed by atoms with Crippen molar-refractivity contribution in [1.29, 1.82) is 5.41 Å². The van der Waals surface area contributed by atoms with Crippen LogP contribution in [-0.2, 0) is 9.84 Å². The monoisotopic (exact) mass is 539 g/mol. The van der Waals surface area contributed by atoms with Crippen LogP contribution in [0.1, 0.15) is 36.8 Å². The second-order valence-corrected chi connectivity index (χ2v) is 10.8. The summed E-state index contributed by atoms with van der Waals surface area (Å²) >= 11 is 6.12. The molecule has 8 nitrogen and oxygen atoms in total. The van der Waals surface area contributed by atoms with Gasteiger partial charge in [0.1, 0.15) is 17.9 Å². The van der Waals surface area contributed by atoms with Crippen LogP contribution in [0.25, 0.3) is 0 Å². The zero-order valence-electron chi connectivity index (χ0n) is 21.1. The molecule has 0 aliphatic carbocycles. The van der Waals surface area contributed by atoms with Crippen LogP contribution in [-0.4, -0.2) is 50.9 Å². The van der Waals surface area contributed by atoms with E-state index in [-0.39, 0.29) is 11.6 Å². The van der Waals surface area contributed by atoms with Crippen LogP contribution in [0.2, 0.25) is 5.02 Å². The van der Waals surface area contributed by atoms with E-state index >= 15 is 0 Å². The minimum atomic E-state index is -3.32. The van der Waals surface area contributed by atoms with Gasteiger partial charge in [0.25, 0.3) is 0 Å². The molecule has 3 rings (SSSR count). The molecule has 3 aromatic rings. The number of nitrogens with one attached hydrogen (secondary N) is 2. The largest absolute Gasteiger partial charge is 0.374 e. The zero-order chi connectivity index (χ0) is 27.2. The summed E-state index contributed by atoms with van der Waals surface area (Å²) < 4.78 is 23.4. The van der Waals surface area contributed by atoms with Gasteiger partial charge < -0.3 is 5.11 Å². The van der Waals surface area contributed by atoms with Crippen molar-refractivity contribution in [2.24, 2.45) is 9.98 Å². The lowest BCUT2D eigenvalue weighted by Crippen LogP contribution is -2.34. The molecule has 194 valence electrons. The normalized spacial score (nSPS) is 13.4. The third-order valence-corrected chi connectivity index (χ3v) is 7.03. The van der Waals surface area contributed by atoms with E-state index < -0.39 is 16.1 Å². The van der Waals surface area contributed by atoms with Crippen LogP contribution in [0, 0.1) is 5.41 Å². The number of anilines is 1. The molecule has 3 aromatic carbocycles. The lowest BCUT2D eigenvalue weighted by atomic mass is 9.99. The van der Waals surface area contributed by atoms with Crippen molar-refractivity contribution < 1.29 is 13.5 Å². The maximum atomic E-state index is 11.7. The van der Waals surface area contributed by atoms with E-state index in [0.29, 0.717) is 28.0 Å². The summed E-state index contributed by atoms with van der Waals surface area (Å²) in [4.78, 5) is 11.0. The minimum Gasteiger partial charge on any atom is -0.374 e. The lowest BCUT2D eigenvalue weighted by molar-refractivity contribution is 0.141. The molecule has 0 fully saturated rings. The van der Waals surface area contributed by atoms with Gasteiger partial charge in [-0.15, -0.1) is 0 Å². The molecule has 3 N–H and O–H groups in total. The van der Waals surface area contributed by atoms with Gasteiger partial charge in [-0.1, -0.05) is 54.1 Å². The summed E-state index contributed by atoms with van der Waals surface area (Å²) in [6, 6.07) is 20.9. The van der Waals surface area contributed by atoms with E-state index in [9.17, 15) is 13.5 Å². The Hall–Kier alpha value is -3.37. The van der Waals surface area contributed by atoms with Crippen molar-refractivity contribution in [2.45, 2.75) is 25.0 Å². The number of aliphatic imine (C=N–C) groups is 2. The first-order valence-corrected chi connectivity index (χ1v) is 13.7. The first-order valence-electron chi connectivity index (χ1n) is 11.4. The number of para-hydroxylation sites is 1. The maximum Gasteiger partial charge on any atom is 0.175 e. The molecule has 0 aliphatic rings. The van der Waals surface area contributed by atoms with Gasteiger partial charge in [-0.3, -0.25) is 25.6 Å². The van der Waals surface area contributed by atoms with Gasteiger partial charge >= 0.3 is 0 Å². The fourth-order valence-electron chi connectivity index (χ4n) is 3.73. The van der Waals surface area contributed by atoms with Crippen LogP contribution < -0.4 is 10.2 Å². The van der Waals surface area contributed by atoms with Crippen molar-refractivity contribution in [3.8, 4) is 0 Å². The number of halogens is 1. The molecule has 1 atom stereocenters. The highest BCUT2D eigenvalue weighted by molar-refractivity contribution is 7.90. The van der Waals surface area contributed by atoms with Gasteiger partial charge in [0.2, 0.25) is 0 Å². The summed E-state index contributed by atoms with van der Waals surface area (Å²) in [6.45, 7) is 3.59. The molecule has 37 heavy (non-hydrogen) atoms. The minimum absolute atomic E-state index is 0.0612. The number of nitrogens with zero attached hydrogens (tertiary/aromatic N) is 3. The summed E-state index contributed by atoms with van der Waals surface area (Å²) in [5.41, 5.74) is 3.46. The molecule has 0 saturated heterocycles. The molecule has 1 unspecified atom stereocenters. The third-order valence-electron chi connectivity index (χ3n) is 5.65. The Bertz CT molecular complexity index is 1420. The molecule has 0 aliphatic heterocycles. The van der Waals surface area contributed by atoms with Gasteiger partial charge in [0.05, 0.1) is 23.0 Å². The standard InChI is InChI=1S/C27H30ClN5O3S/c1-18(29)33(19(2)30-3)25-8-6-5-7-24(25)26(20-9-13-22(28)14-10-20)31-17-32-27(34)21-11-15-23(16-12-21)37(4,35)36/h5-16,27,29,32,34H,17H2,1-4H3. The van der Waals surface area contributed by atoms with Crippen LogP contribution in [0.4, 0.5) is 5.69 Å². The van der Waals surface area contributed by atoms with Gasteiger partial charge in [-0.2, -0.15) is 0 Å². The van der Waals surface area contributed by atoms with Gasteiger partial charge in [0, 0.05) is 29.5 Å². The molecule has 0 amide bonds. The highest BCUT2D eigenvalue weighted by atomic mass is 35.5. The maximum absolute atomic E-state index is 11.7. The van der Waals surface area contributed by atoms with Crippen molar-refractivity contribution >= 4 is 44.5 Å². The topological polar surface area (TPSA) is 118 Å². The second kappa shape index (κ2) is 12.2. The molecular formula is C27H30ClN5O3S. The van der Waals surface area contributed by atoms with Crippen molar-refractivity contribution in [3.05, 3.63) is 94.5 Å². The molecule has 0 heterocycles. The van der Waals surface area contributed by atoms with E-state index in [2.05, 4.69) is 10.3 Å². The fraction of sp³-hybridized carbons (Fsp3) is 0.222. The van der Waals surface area contributed by atoms with E-state index in [0.717, 1.165) is 23.1 Å². The van der Waals surface area contributed by atoms with E-state index in [1.54, 1.807) is 43.1 Å². The molecular weight excluding hydrogens is 510 g/mol. The fourth-order valence-corrected chi connectivity index (χ4v) is 4.49. The predicted molar refractivity (Wildman–Crippen MR) is 151 cm³/mol. The Kier molecular flexibility index (Phi) is 9.34. The molecule has 0 radical (unpaired) electrons. The number of amidine groups is 2. The second-order valence-electron chi connectivity index (χ2n) is 8.33. The molecule has 0 spiro atoms. The average molecular weight is 540 g/mol. The highest BCUT2D eigenvalue weighted by Crippen LogP contribution is 2.26. The summed E-state index contributed by atoms with van der Waals surface area (Å²) in [7, 11) is -1.65. The Morgan fingerprint density at radius 3 is 2.24 bits per heavy atom. The quantitative estimate of drug-likeness (QED) is 0.218. The van der Waals surface area contributed by atoms with Gasteiger partial charge in [-0.05, 0) is 49.7 Å². The Morgan fingerprint density at radius 2 is 1.68 bits per heavy atom. The number of rotatable bonds is 8. The number of hydrogen-bond donors (Lipinski definition) is 3. The molecule has 10 heteroatoms. The number of sulfone groups is 1. The molecule has 0 aromatic heterocycles. The van der Waals surface area contributed by atoms with Crippen molar-refractivity contribution in [3.63, 3.8) is 0 Å². The van der Waals surface area contributed by atoms with Crippen LogP contribution in [0.15, 0.2) is 87.7 Å². The first kappa shape index (κ1) is 28.2. The SMILES string of the molecule is CN=C(C)N(C(C)=N)c1ccccc1C(=NCNC(O)c1ccc(S(C)(=O)=O)cc1)c1ccc(Cl)cc1. The van der Waals surface area contributed by atoms with Crippen LogP contribution in [0.3, 0.4) is 0 Å². The average Bonchev–Trinajstić information content (AvgIpc) is 2.87. The summed E-state index contributed by atoms with van der Waals surface area (Å²) in [6.07, 6.45) is 0.0742. The van der Waals surface area contributed by atoms with Crippen LogP contribution in [0.5, 0.6) is 0 Å². The van der Waals surface area contributed by atoms with Crippen molar-refractivity contribution in [1.82, 2.24) is 5.32 Å². The number of hydrogen-bond acceptors (Lipinski definition) is 7. The predicted octanol–water partition coefficient (Wildman–Crippen LogP) is 4.67. The molecule has 0 saturated carbocycles. The number of aliphatic hydroxyl groups is 1. The highest BCUT2D eigenvalue weighted by Gasteiger charge is 2.20. The Morgan fingerprint density at radius 1 is 1.05 bits per heavy atom. The van der Waals surface area contributed by atoms with E-state index in [1.807, 2.05) is 43.3 Å². The summed E-state index contributed by atoms with van der Waals surface area (Å²) in [5, 5.41) is 22.5. The van der Waals surface area contributed by atoms with Crippen molar-refractivity contribution in [2.75, 3.05) is 24.9 Å². The van der Waals surface area contributed by atoms with Gasteiger partial charge in [-0.25, -0.2) is 8.42 Å². The molecule has 0 bridgehead atoms.